The van der Waals surface area contributed by atoms with E-state index in [4.69, 9.17) is 39.5 Å². The van der Waals surface area contributed by atoms with Gasteiger partial charge in [0, 0.05) is 11.1 Å². The molecule has 0 aliphatic heterocycles. The van der Waals surface area contributed by atoms with Crippen LogP contribution in [0.15, 0.2) is 41.3 Å². The molecule has 1 atom stereocenters. The Hall–Kier alpha value is -2.44. The number of nitro benzene ring substituents is 1. The summed E-state index contributed by atoms with van der Waals surface area (Å²) in [6, 6.07) is 5.82. The van der Waals surface area contributed by atoms with Crippen LogP contribution in [0.4, 0.5) is 11.4 Å². The van der Waals surface area contributed by atoms with Gasteiger partial charge in [-0.3, -0.25) is 19.7 Å². The SMILES string of the molecule is C[C@H](NS(=O)(=O)c1ccc(Cl)c(Cl)c1)C(=O)OCC(=O)Nc1ccc(Cl)cc1[N+](=O)[O-]. The maximum atomic E-state index is 12.3. The van der Waals surface area contributed by atoms with Gasteiger partial charge >= 0.3 is 5.97 Å². The van der Waals surface area contributed by atoms with Crippen molar-refractivity contribution in [1.82, 2.24) is 4.72 Å². The first-order valence-electron chi connectivity index (χ1n) is 8.28. The number of ether oxygens (including phenoxy) is 1. The van der Waals surface area contributed by atoms with E-state index < -0.39 is 45.2 Å². The topological polar surface area (TPSA) is 145 Å². The van der Waals surface area contributed by atoms with Gasteiger partial charge in [-0.1, -0.05) is 34.8 Å². The number of anilines is 1. The van der Waals surface area contributed by atoms with Crippen molar-refractivity contribution in [3.05, 3.63) is 61.6 Å². The zero-order valence-corrected chi connectivity index (χ0v) is 18.7. The van der Waals surface area contributed by atoms with Crippen molar-refractivity contribution >= 4 is 68.1 Å². The van der Waals surface area contributed by atoms with Crippen molar-refractivity contribution in [2.75, 3.05) is 11.9 Å². The number of carbonyl (C=O) groups excluding carboxylic acids is 2. The van der Waals surface area contributed by atoms with Gasteiger partial charge in [0.25, 0.3) is 11.6 Å². The minimum atomic E-state index is -4.13. The van der Waals surface area contributed by atoms with Crippen LogP contribution in [0.5, 0.6) is 0 Å². The van der Waals surface area contributed by atoms with Crippen molar-refractivity contribution in [2.45, 2.75) is 17.9 Å². The van der Waals surface area contributed by atoms with E-state index in [9.17, 15) is 28.1 Å². The van der Waals surface area contributed by atoms with E-state index >= 15 is 0 Å². The normalized spacial score (nSPS) is 12.1. The van der Waals surface area contributed by atoms with Crippen LogP contribution in [0, 0.1) is 10.1 Å². The van der Waals surface area contributed by atoms with Gasteiger partial charge < -0.3 is 10.1 Å². The molecule has 0 fully saturated rings. The molecule has 0 aromatic heterocycles. The number of amides is 1. The van der Waals surface area contributed by atoms with Crippen molar-refractivity contribution in [3.8, 4) is 0 Å². The number of esters is 1. The van der Waals surface area contributed by atoms with E-state index in [0.29, 0.717) is 0 Å². The second-order valence-electron chi connectivity index (χ2n) is 5.99. The van der Waals surface area contributed by atoms with E-state index in [1.165, 1.54) is 31.2 Å². The fourth-order valence-electron chi connectivity index (χ4n) is 2.20. The summed E-state index contributed by atoms with van der Waals surface area (Å²) in [5.41, 5.74) is -0.598. The van der Waals surface area contributed by atoms with Crippen LogP contribution in [-0.4, -0.2) is 37.9 Å². The Balaban J connectivity index is 1.97. The molecule has 0 bridgehead atoms. The monoisotopic (exact) mass is 509 g/mol. The van der Waals surface area contributed by atoms with Gasteiger partial charge in [-0.05, 0) is 37.3 Å². The lowest BCUT2D eigenvalue weighted by molar-refractivity contribution is -0.383. The Labute approximate surface area is 191 Å². The number of nitrogens with one attached hydrogen (secondary N) is 2. The quantitative estimate of drug-likeness (QED) is 0.314. The number of halogens is 3. The number of rotatable bonds is 8. The van der Waals surface area contributed by atoms with Gasteiger partial charge in [0.05, 0.1) is 19.9 Å². The number of nitro groups is 1. The zero-order chi connectivity index (χ0) is 23.3. The molecule has 1 amide bonds. The lowest BCUT2D eigenvalue weighted by Gasteiger charge is -2.14. The maximum Gasteiger partial charge on any atom is 0.324 e. The average molecular weight is 511 g/mol. The summed E-state index contributed by atoms with van der Waals surface area (Å²) in [6.07, 6.45) is 0. The van der Waals surface area contributed by atoms with Crippen molar-refractivity contribution < 1.29 is 27.7 Å². The van der Waals surface area contributed by atoms with E-state index in [2.05, 4.69) is 10.0 Å². The maximum absolute atomic E-state index is 12.3. The second-order valence-corrected chi connectivity index (χ2v) is 8.96. The van der Waals surface area contributed by atoms with E-state index in [1.807, 2.05) is 0 Å². The van der Waals surface area contributed by atoms with Gasteiger partial charge in [0.1, 0.15) is 11.7 Å². The Kier molecular flexibility index (Phi) is 8.21. The highest BCUT2D eigenvalue weighted by Crippen LogP contribution is 2.28. The van der Waals surface area contributed by atoms with Crippen LogP contribution in [0.1, 0.15) is 6.92 Å². The molecule has 0 aliphatic carbocycles. The summed E-state index contributed by atoms with van der Waals surface area (Å²) < 4.78 is 31.5. The van der Waals surface area contributed by atoms with Gasteiger partial charge in [0.15, 0.2) is 6.61 Å². The van der Waals surface area contributed by atoms with Crippen LogP contribution in [0.2, 0.25) is 15.1 Å². The summed E-state index contributed by atoms with van der Waals surface area (Å²) in [7, 11) is -4.13. The number of sulfonamides is 1. The molecule has 2 rings (SSSR count). The van der Waals surface area contributed by atoms with Crippen LogP contribution in [-0.2, 0) is 24.3 Å². The Morgan fingerprint density at radius 2 is 1.81 bits per heavy atom. The minimum Gasteiger partial charge on any atom is -0.454 e. The lowest BCUT2D eigenvalue weighted by Crippen LogP contribution is -2.40. The molecule has 2 N–H and O–H groups in total. The third kappa shape index (κ3) is 6.77. The fraction of sp³-hybridized carbons (Fsp3) is 0.176. The largest absolute Gasteiger partial charge is 0.454 e. The van der Waals surface area contributed by atoms with Gasteiger partial charge in [-0.2, -0.15) is 4.72 Å². The van der Waals surface area contributed by atoms with Crippen LogP contribution < -0.4 is 10.0 Å². The molecule has 31 heavy (non-hydrogen) atoms. The first kappa shape index (κ1) is 24.8. The lowest BCUT2D eigenvalue weighted by atomic mass is 10.2. The van der Waals surface area contributed by atoms with Crippen molar-refractivity contribution in [2.24, 2.45) is 0 Å². The number of hydrogen-bond donors (Lipinski definition) is 2. The van der Waals surface area contributed by atoms with E-state index in [0.717, 1.165) is 12.1 Å². The van der Waals surface area contributed by atoms with Crippen LogP contribution in [0.25, 0.3) is 0 Å². The zero-order valence-electron chi connectivity index (χ0n) is 15.6. The number of carbonyl (C=O) groups is 2. The molecule has 0 saturated heterocycles. The Bertz CT molecular complexity index is 1140. The predicted octanol–water partition coefficient (Wildman–Crippen LogP) is 3.40. The highest BCUT2D eigenvalue weighted by molar-refractivity contribution is 7.89. The third-order valence-electron chi connectivity index (χ3n) is 3.66. The van der Waals surface area contributed by atoms with Crippen LogP contribution >= 0.6 is 34.8 Å². The molecule has 0 radical (unpaired) electrons. The molecule has 14 heteroatoms. The number of hydrogen-bond acceptors (Lipinski definition) is 7. The minimum absolute atomic E-state index is 0.00716. The molecule has 10 nitrogen and oxygen atoms in total. The standard InChI is InChI=1S/C17H14Cl3N3O7S/c1-9(22-31(28,29)11-3-4-12(19)13(20)7-11)17(25)30-8-16(24)21-14-5-2-10(18)6-15(14)23(26)27/h2-7,9,22H,8H2,1H3,(H,21,24)/t9-/m0/s1. The smallest absolute Gasteiger partial charge is 0.324 e. The van der Waals surface area contributed by atoms with Crippen molar-refractivity contribution in [3.63, 3.8) is 0 Å². The van der Waals surface area contributed by atoms with Gasteiger partial charge in [-0.25, -0.2) is 8.42 Å². The molecule has 2 aromatic carbocycles. The predicted molar refractivity (Wildman–Crippen MR) is 114 cm³/mol. The molecule has 0 aliphatic rings. The highest BCUT2D eigenvalue weighted by Gasteiger charge is 2.25. The van der Waals surface area contributed by atoms with E-state index in [-0.39, 0.29) is 25.7 Å². The van der Waals surface area contributed by atoms with Crippen molar-refractivity contribution in [1.29, 1.82) is 0 Å². The van der Waals surface area contributed by atoms with Crippen LogP contribution in [0.3, 0.4) is 0 Å². The number of benzene rings is 2. The summed E-state index contributed by atoms with van der Waals surface area (Å²) in [5, 5.41) is 13.5. The first-order chi connectivity index (χ1) is 14.4. The third-order valence-corrected chi connectivity index (χ3v) is 6.18. The molecule has 166 valence electrons. The summed E-state index contributed by atoms with van der Waals surface area (Å²) in [4.78, 5) is 34.1. The average Bonchev–Trinajstić information content (AvgIpc) is 2.68. The van der Waals surface area contributed by atoms with Gasteiger partial charge in [0.2, 0.25) is 10.0 Å². The number of nitrogens with zero attached hydrogens (tertiary/aromatic N) is 1. The second kappa shape index (κ2) is 10.2. The molecule has 0 heterocycles. The van der Waals surface area contributed by atoms with E-state index in [1.54, 1.807) is 0 Å². The summed E-state index contributed by atoms with van der Waals surface area (Å²) in [5.74, 6) is -1.93. The molecule has 2 aromatic rings. The first-order valence-corrected chi connectivity index (χ1v) is 10.9. The molecule has 0 saturated carbocycles. The molecular formula is C17H14Cl3N3O7S. The Morgan fingerprint density at radius 1 is 1.13 bits per heavy atom. The highest BCUT2D eigenvalue weighted by atomic mass is 35.5. The molecular weight excluding hydrogens is 497 g/mol. The summed E-state index contributed by atoms with van der Waals surface area (Å²) in [6.45, 7) is 0.400. The Morgan fingerprint density at radius 3 is 2.42 bits per heavy atom. The summed E-state index contributed by atoms with van der Waals surface area (Å²) >= 11 is 17.2. The molecule has 0 unspecified atom stereocenters. The molecule has 0 spiro atoms. The fourth-order valence-corrected chi connectivity index (χ4v) is 3.95. The van der Waals surface area contributed by atoms with Gasteiger partial charge in [-0.15, -0.1) is 0 Å².